The fourth-order valence-corrected chi connectivity index (χ4v) is 1.51. The van der Waals surface area contributed by atoms with Gasteiger partial charge in [0, 0.05) is 0 Å². The van der Waals surface area contributed by atoms with Crippen molar-refractivity contribution >= 4 is 11.6 Å². The molecule has 0 radical (unpaired) electrons. The summed E-state index contributed by atoms with van der Waals surface area (Å²) in [6, 6.07) is 5.03. The van der Waals surface area contributed by atoms with E-state index in [9.17, 15) is 10.2 Å². The zero-order valence-electron chi connectivity index (χ0n) is 7.66. The molecule has 1 aromatic rings. The van der Waals surface area contributed by atoms with Crippen LogP contribution >= 0.6 is 11.6 Å². The molecule has 0 atom stereocenters. The summed E-state index contributed by atoms with van der Waals surface area (Å²) >= 11 is 5.75. The number of phenols is 2. The molecule has 0 aliphatic heterocycles. The SMILES string of the molecule is N#CCc1cc(O)c(O)c(Cl)c1CC#N. The van der Waals surface area contributed by atoms with Crippen LogP contribution in [0.1, 0.15) is 11.1 Å². The Morgan fingerprint density at radius 2 is 1.80 bits per heavy atom. The van der Waals surface area contributed by atoms with Crippen molar-refractivity contribution < 1.29 is 10.2 Å². The fourth-order valence-electron chi connectivity index (χ4n) is 1.23. The Morgan fingerprint density at radius 1 is 1.20 bits per heavy atom. The molecule has 0 unspecified atom stereocenters. The molecule has 0 bridgehead atoms. The molecular weight excluding hydrogens is 216 g/mol. The second-order valence-corrected chi connectivity index (χ2v) is 3.24. The minimum Gasteiger partial charge on any atom is -0.504 e. The van der Waals surface area contributed by atoms with Gasteiger partial charge in [-0.1, -0.05) is 11.6 Å². The molecule has 4 nitrogen and oxygen atoms in total. The van der Waals surface area contributed by atoms with Crippen LogP contribution in [-0.4, -0.2) is 10.2 Å². The molecule has 0 amide bonds. The molecular formula is C10H7ClN2O2. The highest BCUT2D eigenvalue weighted by atomic mass is 35.5. The number of nitrogens with zero attached hydrogens (tertiary/aromatic N) is 2. The van der Waals surface area contributed by atoms with Gasteiger partial charge in [-0.2, -0.15) is 10.5 Å². The molecule has 0 saturated carbocycles. The van der Waals surface area contributed by atoms with Crippen molar-refractivity contribution in [3.63, 3.8) is 0 Å². The van der Waals surface area contributed by atoms with E-state index in [1.807, 2.05) is 12.1 Å². The maximum atomic E-state index is 9.33. The Hall–Kier alpha value is -1.91. The van der Waals surface area contributed by atoms with E-state index in [1.165, 1.54) is 6.07 Å². The van der Waals surface area contributed by atoms with Crippen molar-refractivity contribution in [3.05, 3.63) is 22.2 Å². The second kappa shape index (κ2) is 4.54. The summed E-state index contributed by atoms with van der Waals surface area (Å²) in [4.78, 5) is 0. The van der Waals surface area contributed by atoms with E-state index in [2.05, 4.69) is 0 Å². The van der Waals surface area contributed by atoms with Gasteiger partial charge < -0.3 is 10.2 Å². The fraction of sp³-hybridized carbons (Fsp3) is 0.200. The predicted molar refractivity (Wildman–Crippen MR) is 53.4 cm³/mol. The molecule has 0 saturated heterocycles. The number of halogens is 1. The van der Waals surface area contributed by atoms with Gasteiger partial charge in [0.2, 0.25) is 0 Å². The van der Waals surface area contributed by atoms with Gasteiger partial charge in [-0.15, -0.1) is 0 Å². The minimum absolute atomic E-state index is 0.0102. The summed E-state index contributed by atoms with van der Waals surface area (Å²) in [6.45, 7) is 0. The lowest BCUT2D eigenvalue weighted by Gasteiger charge is -2.09. The van der Waals surface area contributed by atoms with Gasteiger partial charge in [0.25, 0.3) is 0 Å². The third kappa shape index (κ3) is 2.12. The lowest BCUT2D eigenvalue weighted by Crippen LogP contribution is -1.94. The maximum absolute atomic E-state index is 9.33. The first-order chi connectivity index (χ1) is 7.11. The van der Waals surface area contributed by atoms with Crippen LogP contribution in [0.25, 0.3) is 0 Å². The zero-order chi connectivity index (χ0) is 11.4. The average molecular weight is 223 g/mol. The smallest absolute Gasteiger partial charge is 0.176 e. The highest BCUT2D eigenvalue weighted by molar-refractivity contribution is 6.33. The summed E-state index contributed by atoms with van der Waals surface area (Å²) in [5, 5.41) is 35.6. The van der Waals surface area contributed by atoms with E-state index in [0.717, 1.165) is 0 Å². The molecule has 1 aromatic carbocycles. The molecule has 1 rings (SSSR count). The summed E-state index contributed by atoms with van der Waals surface area (Å²) in [6.07, 6.45) is 0.0221. The number of hydrogen-bond donors (Lipinski definition) is 2. The van der Waals surface area contributed by atoms with Crippen molar-refractivity contribution in [2.45, 2.75) is 12.8 Å². The summed E-state index contributed by atoms with van der Waals surface area (Å²) in [5.41, 5.74) is 0.843. The molecule has 76 valence electrons. The van der Waals surface area contributed by atoms with Gasteiger partial charge in [-0.05, 0) is 17.2 Å². The van der Waals surface area contributed by atoms with Crippen LogP contribution in [0.3, 0.4) is 0 Å². The van der Waals surface area contributed by atoms with Gasteiger partial charge >= 0.3 is 0 Å². The number of rotatable bonds is 2. The molecule has 0 heterocycles. The van der Waals surface area contributed by atoms with Crippen LogP contribution < -0.4 is 0 Å². The first kappa shape index (κ1) is 11.2. The highest BCUT2D eigenvalue weighted by Gasteiger charge is 2.15. The summed E-state index contributed by atoms with van der Waals surface area (Å²) in [5.74, 6) is -0.837. The van der Waals surface area contributed by atoms with E-state index in [-0.39, 0.29) is 23.6 Å². The second-order valence-electron chi connectivity index (χ2n) is 2.87. The van der Waals surface area contributed by atoms with Crippen molar-refractivity contribution in [1.82, 2.24) is 0 Å². The highest BCUT2D eigenvalue weighted by Crippen LogP contribution is 2.38. The minimum atomic E-state index is -0.455. The van der Waals surface area contributed by atoms with E-state index in [4.69, 9.17) is 22.1 Å². The van der Waals surface area contributed by atoms with Crippen LogP contribution in [0, 0.1) is 22.7 Å². The first-order valence-corrected chi connectivity index (χ1v) is 4.45. The van der Waals surface area contributed by atoms with Crippen LogP contribution in [0.4, 0.5) is 0 Å². The normalized spacial score (nSPS) is 9.27. The average Bonchev–Trinajstić information content (AvgIpc) is 2.21. The Morgan fingerprint density at radius 3 is 2.33 bits per heavy atom. The third-order valence-corrected chi connectivity index (χ3v) is 2.35. The molecule has 2 N–H and O–H groups in total. The standard InChI is InChI=1S/C10H7ClN2O2/c11-9-7(2-4-13)6(1-3-12)5-8(14)10(9)15/h5,14-15H,1-2H2. The summed E-state index contributed by atoms with van der Waals surface area (Å²) < 4.78 is 0. The van der Waals surface area contributed by atoms with Crippen molar-refractivity contribution in [2.75, 3.05) is 0 Å². The van der Waals surface area contributed by atoms with E-state index >= 15 is 0 Å². The Balaban J connectivity index is 3.39. The predicted octanol–water partition coefficient (Wildman–Crippen LogP) is 1.88. The maximum Gasteiger partial charge on any atom is 0.176 e. The Bertz CT molecular complexity index is 472. The number of nitriles is 2. The molecule has 0 aromatic heterocycles. The van der Waals surface area contributed by atoms with Crippen LogP contribution in [0.5, 0.6) is 11.5 Å². The third-order valence-electron chi connectivity index (χ3n) is 1.94. The van der Waals surface area contributed by atoms with E-state index in [0.29, 0.717) is 11.1 Å². The van der Waals surface area contributed by atoms with Gasteiger partial charge in [-0.25, -0.2) is 0 Å². The number of hydrogen-bond acceptors (Lipinski definition) is 4. The molecule has 15 heavy (non-hydrogen) atoms. The quantitative estimate of drug-likeness (QED) is 0.748. The monoisotopic (exact) mass is 222 g/mol. The van der Waals surface area contributed by atoms with Crippen LogP contribution in [0.2, 0.25) is 5.02 Å². The molecule has 0 aliphatic rings. The van der Waals surface area contributed by atoms with Gasteiger partial charge in [-0.3, -0.25) is 0 Å². The largest absolute Gasteiger partial charge is 0.504 e. The lowest BCUT2D eigenvalue weighted by molar-refractivity contribution is 0.403. The number of aromatic hydroxyl groups is 2. The molecule has 0 aliphatic carbocycles. The Kier molecular flexibility index (Phi) is 3.38. The van der Waals surface area contributed by atoms with Crippen molar-refractivity contribution in [1.29, 1.82) is 10.5 Å². The van der Waals surface area contributed by atoms with E-state index in [1.54, 1.807) is 0 Å². The van der Waals surface area contributed by atoms with Crippen molar-refractivity contribution in [2.24, 2.45) is 0 Å². The zero-order valence-corrected chi connectivity index (χ0v) is 8.41. The topological polar surface area (TPSA) is 88.0 Å². The number of phenolic OH excluding ortho intramolecular Hbond substituents is 2. The molecule has 5 heteroatoms. The lowest BCUT2D eigenvalue weighted by atomic mass is 10.0. The van der Waals surface area contributed by atoms with Gasteiger partial charge in [0.1, 0.15) is 0 Å². The van der Waals surface area contributed by atoms with Crippen LogP contribution in [-0.2, 0) is 12.8 Å². The van der Waals surface area contributed by atoms with Crippen molar-refractivity contribution in [3.8, 4) is 23.6 Å². The number of benzene rings is 1. The van der Waals surface area contributed by atoms with Crippen LogP contribution in [0.15, 0.2) is 6.07 Å². The van der Waals surface area contributed by atoms with Gasteiger partial charge in [0.05, 0.1) is 30.0 Å². The Labute approximate surface area is 91.6 Å². The molecule has 0 fully saturated rings. The summed E-state index contributed by atoms with van der Waals surface area (Å²) in [7, 11) is 0. The van der Waals surface area contributed by atoms with Gasteiger partial charge in [0.15, 0.2) is 11.5 Å². The first-order valence-electron chi connectivity index (χ1n) is 4.07. The molecule has 0 spiro atoms. The van der Waals surface area contributed by atoms with E-state index < -0.39 is 5.75 Å².